The van der Waals surface area contributed by atoms with Crippen molar-refractivity contribution in [1.29, 1.82) is 0 Å². The van der Waals surface area contributed by atoms with Crippen molar-refractivity contribution in [2.75, 3.05) is 25.6 Å². The van der Waals surface area contributed by atoms with Gasteiger partial charge in [0.2, 0.25) is 0 Å². The van der Waals surface area contributed by atoms with Gasteiger partial charge in [0.25, 0.3) is 5.91 Å². The van der Waals surface area contributed by atoms with Crippen molar-refractivity contribution in [1.82, 2.24) is 0 Å². The summed E-state index contributed by atoms with van der Waals surface area (Å²) in [6, 6.07) is 11.9. The van der Waals surface area contributed by atoms with Crippen molar-refractivity contribution in [3.8, 4) is 5.75 Å². The first-order chi connectivity index (χ1) is 12.5. The fourth-order valence-electron chi connectivity index (χ4n) is 2.29. The van der Waals surface area contributed by atoms with E-state index in [0.29, 0.717) is 41.7 Å². The van der Waals surface area contributed by atoms with Crippen LogP contribution in [0, 0.1) is 0 Å². The maximum absolute atomic E-state index is 12.6. The minimum atomic E-state index is -0.865. The lowest BCUT2D eigenvalue weighted by molar-refractivity contribution is -0.136. The van der Waals surface area contributed by atoms with Gasteiger partial charge in [-0.15, -0.1) is 0 Å². The van der Waals surface area contributed by atoms with Crippen molar-refractivity contribution >= 4 is 29.2 Å². The molecule has 1 amide bonds. The molecule has 0 fully saturated rings. The highest BCUT2D eigenvalue weighted by molar-refractivity contribution is 6.31. The molecule has 2 aromatic rings. The molecule has 0 unspecified atom stereocenters. The highest BCUT2D eigenvalue weighted by Gasteiger charge is 2.14. The highest BCUT2D eigenvalue weighted by atomic mass is 35.5. The van der Waals surface area contributed by atoms with Gasteiger partial charge in [0, 0.05) is 24.2 Å². The van der Waals surface area contributed by atoms with E-state index in [4.69, 9.17) is 26.2 Å². The van der Waals surface area contributed by atoms with E-state index in [9.17, 15) is 9.59 Å². The monoisotopic (exact) mass is 377 g/mol. The molecule has 0 aliphatic rings. The molecule has 0 spiro atoms. The van der Waals surface area contributed by atoms with Crippen LogP contribution in [-0.2, 0) is 16.0 Å². The maximum atomic E-state index is 12.6. The van der Waals surface area contributed by atoms with Crippen LogP contribution in [0.15, 0.2) is 42.5 Å². The fraction of sp³-hybridized carbons (Fsp3) is 0.263. The van der Waals surface area contributed by atoms with Crippen LogP contribution in [0.1, 0.15) is 22.3 Å². The number of halogens is 1. The molecular formula is C19H20ClNO5. The average Bonchev–Trinajstić information content (AvgIpc) is 2.61. The lowest BCUT2D eigenvalue weighted by Crippen LogP contribution is -2.15. The van der Waals surface area contributed by atoms with E-state index in [2.05, 4.69) is 5.32 Å². The van der Waals surface area contributed by atoms with E-state index in [0.717, 1.165) is 5.56 Å². The zero-order chi connectivity index (χ0) is 18.9. The van der Waals surface area contributed by atoms with Crippen LogP contribution in [-0.4, -0.2) is 37.3 Å². The molecule has 0 heterocycles. The molecule has 2 aromatic carbocycles. The van der Waals surface area contributed by atoms with Crippen LogP contribution in [0.25, 0.3) is 0 Å². The largest absolute Gasteiger partial charge is 0.490 e. The fourth-order valence-corrected chi connectivity index (χ4v) is 2.47. The number of rotatable bonds is 9. The molecule has 0 saturated carbocycles. The predicted molar refractivity (Wildman–Crippen MR) is 99.2 cm³/mol. The number of benzene rings is 2. The SMILES string of the molecule is COCCOc1ccc(Cl)cc1C(=O)Nc1cccc(CCC(=O)O)c1. The number of aryl methyl sites for hydroxylation is 1. The summed E-state index contributed by atoms with van der Waals surface area (Å²) in [6.07, 6.45) is 0.421. The first kappa shape index (κ1) is 19.8. The molecule has 0 aliphatic heterocycles. The van der Waals surface area contributed by atoms with Gasteiger partial charge in [0.1, 0.15) is 12.4 Å². The zero-order valence-electron chi connectivity index (χ0n) is 14.3. The van der Waals surface area contributed by atoms with Crippen LogP contribution in [0.5, 0.6) is 5.75 Å². The van der Waals surface area contributed by atoms with Gasteiger partial charge in [-0.1, -0.05) is 23.7 Å². The third-order valence-corrected chi connectivity index (χ3v) is 3.78. The van der Waals surface area contributed by atoms with Crippen molar-refractivity contribution in [3.63, 3.8) is 0 Å². The van der Waals surface area contributed by atoms with Gasteiger partial charge in [-0.05, 0) is 42.3 Å². The number of carbonyl (C=O) groups is 2. The van der Waals surface area contributed by atoms with Gasteiger partial charge in [0.05, 0.1) is 12.2 Å². The molecule has 2 N–H and O–H groups in total. The number of amides is 1. The third-order valence-electron chi connectivity index (χ3n) is 3.54. The van der Waals surface area contributed by atoms with E-state index in [1.54, 1.807) is 37.4 Å². The maximum Gasteiger partial charge on any atom is 0.303 e. The van der Waals surface area contributed by atoms with Gasteiger partial charge in [-0.2, -0.15) is 0 Å². The number of carboxylic acids is 1. The Morgan fingerprint density at radius 3 is 2.69 bits per heavy atom. The Labute approximate surface area is 156 Å². The number of carboxylic acid groups (broad SMARTS) is 1. The summed E-state index contributed by atoms with van der Waals surface area (Å²) in [5.41, 5.74) is 1.71. The van der Waals surface area contributed by atoms with Gasteiger partial charge in [-0.25, -0.2) is 0 Å². The molecule has 7 heteroatoms. The van der Waals surface area contributed by atoms with Gasteiger partial charge in [0.15, 0.2) is 0 Å². The summed E-state index contributed by atoms with van der Waals surface area (Å²) >= 11 is 6.01. The molecule has 0 bridgehead atoms. The number of carbonyl (C=O) groups excluding carboxylic acids is 1. The first-order valence-corrected chi connectivity index (χ1v) is 8.41. The Bertz CT molecular complexity index is 778. The number of nitrogens with one attached hydrogen (secondary N) is 1. The lowest BCUT2D eigenvalue weighted by atomic mass is 10.1. The molecule has 26 heavy (non-hydrogen) atoms. The number of ether oxygens (including phenoxy) is 2. The molecule has 6 nitrogen and oxygen atoms in total. The molecule has 0 saturated heterocycles. The first-order valence-electron chi connectivity index (χ1n) is 8.03. The van der Waals surface area contributed by atoms with E-state index >= 15 is 0 Å². The molecule has 2 rings (SSSR count). The Morgan fingerprint density at radius 1 is 1.15 bits per heavy atom. The highest BCUT2D eigenvalue weighted by Crippen LogP contribution is 2.24. The molecule has 138 valence electrons. The van der Waals surface area contributed by atoms with E-state index in [-0.39, 0.29) is 12.3 Å². The summed E-state index contributed by atoms with van der Waals surface area (Å²) in [6.45, 7) is 0.707. The second kappa shape index (κ2) is 9.79. The topological polar surface area (TPSA) is 84.9 Å². The van der Waals surface area contributed by atoms with Crippen LogP contribution < -0.4 is 10.1 Å². The number of aliphatic carboxylic acids is 1. The number of methoxy groups -OCH3 is 1. The molecule has 0 radical (unpaired) electrons. The Morgan fingerprint density at radius 2 is 1.96 bits per heavy atom. The van der Waals surface area contributed by atoms with Crippen molar-refractivity contribution in [2.45, 2.75) is 12.8 Å². The molecule has 0 aliphatic carbocycles. The molecular weight excluding hydrogens is 358 g/mol. The summed E-state index contributed by atoms with van der Waals surface area (Å²) in [7, 11) is 1.57. The average molecular weight is 378 g/mol. The summed E-state index contributed by atoms with van der Waals surface area (Å²) in [5.74, 6) is -0.822. The zero-order valence-corrected chi connectivity index (χ0v) is 15.1. The van der Waals surface area contributed by atoms with E-state index < -0.39 is 5.97 Å². The Kier molecular flexibility index (Phi) is 7.44. The van der Waals surface area contributed by atoms with Crippen LogP contribution >= 0.6 is 11.6 Å². The smallest absolute Gasteiger partial charge is 0.303 e. The van der Waals surface area contributed by atoms with Crippen molar-refractivity contribution < 1.29 is 24.2 Å². The normalized spacial score (nSPS) is 10.4. The third kappa shape index (κ3) is 6.06. The Balaban J connectivity index is 2.13. The van der Waals surface area contributed by atoms with Crippen LogP contribution in [0.4, 0.5) is 5.69 Å². The van der Waals surface area contributed by atoms with Crippen molar-refractivity contribution in [2.24, 2.45) is 0 Å². The quantitative estimate of drug-likeness (QED) is 0.652. The van der Waals surface area contributed by atoms with Crippen molar-refractivity contribution in [3.05, 3.63) is 58.6 Å². The lowest BCUT2D eigenvalue weighted by Gasteiger charge is -2.12. The molecule has 0 atom stereocenters. The number of hydrogen-bond acceptors (Lipinski definition) is 4. The van der Waals surface area contributed by atoms with Gasteiger partial charge < -0.3 is 19.9 Å². The predicted octanol–water partition coefficient (Wildman–Crippen LogP) is 3.63. The van der Waals surface area contributed by atoms with E-state index in [1.807, 2.05) is 6.07 Å². The second-order valence-electron chi connectivity index (χ2n) is 5.53. The van der Waals surface area contributed by atoms with Gasteiger partial charge >= 0.3 is 5.97 Å². The number of anilines is 1. The van der Waals surface area contributed by atoms with Crippen LogP contribution in [0.2, 0.25) is 5.02 Å². The molecule has 0 aromatic heterocycles. The standard InChI is InChI=1S/C19H20ClNO5/c1-25-9-10-26-17-7-6-14(20)12-16(17)19(24)21-15-4-2-3-13(11-15)5-8-18(22)23/h2-4,6-7,11-12H,5,8-10H2,1H3,(H,21,24)(H,22,23). The minimum absolute atomic E-state index is 0.0309. The second-order valence-corrected chi connectivity index (χ2v) is 5.97. The van der Waals surface area contributed by atoms with Gasteiger partial charge in [-0.3, -0.25) is 9.59 Å². The summed E-state index contributed by atoms with van der Waals surface area (Å²) in [5, 5.41) is 12.0. The summed E-state index contributed by atoms with van der Waals surface area (Å²) < 4.78 is 10.5. The Hall–Kier alpha value is -2.57. The number of hydrogen-bond donors (Lipinski definition) is 2. The summed E-state index contributed by atoms with van der Waals surface area (Å²) in [4.78, 5) is 23.3. The van der Waals surface area contributed by atoms with Crippen LogP contribution in [0.3, 0.4) is 0 Å². The minimum Gasteiger partial charge on any atom is -0.490 e. The van der Waals surface area contributed by atoms with E-state index in [1.165, 1.54) is 6.07 Å².